The van der Waals surface area contributed by atoms with Crippen LogP contribution in [0.3, 0.4) is 0 Å². The van der Waals surface area contributed by atoms with Crippen LogP contribution < -0.4 is 5.32 Å². The predicted molar refractivity (Wildman–Crippen MR) is 91.3 cm³/mol. The SMILES string of the molecule is CN(C)C(=O)N(C)C1CCN(CC(=O)Nc2ccccc2F)CC1. The van der Waals surface area contributed by atoms with Crippen LogP contribution in [0.4, 0.5) is 14.9 Å². The van der Waals surface area contributed by atoms with E-state index in [2.05, 4.69) is 5.32 Å². The molecule has 1 aromatic carbocycles. The minimum absolute atomic E-state index is 0.00857. The van der Waals surface area contributed by atoms with Gasteiger partial charge >= 0.3 is 6.03 Å². The third kappa shape index (κ3) is 4.67. The minimum atomic E-state index is -0.437. The summed E-state index contributed by atoms with van der Waals surface area (Å²) in [6.07, 6.45) is 1.64. The Balaban J connectivity index is 1.79. The number of carbonyl (C=O) groups is 2. The average molecular weight is 336 g/mol. The Morgan fingerprint density at radius 3 is 2.42 bits per heavy atom. The average Bonchev–Trinajstić information content (AvgIpc) is 2.56. The van der Waals surface area contributed by atoms with Crippen LogP contribution in [0.15, 0.2) is 24.3 Å². The Bertz CT molecular complexity index is 586. The van der Waals surface area contributed by atoms with Crippen molar-refractivity contribution in [3.63, 3.8) is 0 Å². The van der Waals surface area contributed by atoms with Crippen molar-refractivity contribution in [2.75, 3.05) is 46.1 Å². The fourth-order valence-corrected chi connectivity index (χ4v) is 2.89. The van der Waals surface area contributed by atoms with Crippen molar-refractivity contribution in [2.45, 2.75) is 18.9 Å². The molecule has 0 bridgehead atoms. The smallest absolute Gasteiger partial charge is 0.319 e. The number of nitrogens with zero attached hydrogens (tertiary/aromatic N) is 3. The number of hydrogen-bond donors (Lipinski definition) is 1. The molecule has 2 rings (SSSR count). The second kappa shape index (κ2) is 8.10. The highest BCUT2D eigenvalue weighted by molar-refractivity contribution is 5.92. The van der Waals surface area contributed by atoms with Gasteiger partial charge in [0.25, 0.3) is 0 Å². The summed E-state index contributed by atoms with van der Waals surface area (Å²) in [7, 11) is 5.29. The van der Waals surface area contributed by atoms with E-state index in [9.17, 15) is 14.0 Å². The van der Waals surface area contributed by atoms with Gasteiger partial charge in [-0.15, -0.1) is 0 Å². The van der Waals surface area contributed by atoms with Crippen molar-refractivity contribution in [3.05, 3.63) is 30.1 Å². The standard InChI is InChI=1S/C17H25FN4O2/c1-20(2)17(24)21(3)13-8-10-22(11-9-13)12-16(23)19-15-7-5-4-6-14(15)18/h4-7,13H,8-12H2,1-3H3,(H,19,23). The van der Waals surface area contributed by atoms with Gasteiger partial charge in [-0.1, -0.05) is 12.1 Å². The van der Waals surface area contributed by atoms with Gasteiger partial charge in [-0.25, -0.2) is 9.18 Å². The van der Waals surface area contributed by atoms with Crippen LogP contribution in [0.5, 0.6) is 0 Å². The van der Waals surface area contributed by atoms with Crippen molar-refractivity contribution in [1.29, 1.82) is 0 Å². The van der Waals surface area contributed by atoms with Gasteiger partial charge in [0.15, 0.2) is 0 Å². The van der Waals surface area contributed by atoms with Gasteiger partial charge in [0, 0.05) is 40.3 Å². The van der Waals surface area contributed by atoms with E-state index in [1.54, 1.807) is 42.1 Å². The molecule has 0 spiro atoms. The van der Waals surface area contributed by atoms with Crippen LogP contribution in [0.25, 0.3) is 0 Å². The maximum atomic E-state index is 13.5. The van der Waals surface area contributed by atoms with Crippen LogP contribution in [-0.4, -0.2) is 73.5 Å². The number of carbonyl (C=O) groups excluding carboxylic acids is 2. The van der Waals surface area contributed by atoms with E-state index in [0.29, 0.717) is 0 Å². The fraction of sp³-hybridized carbons (Fsp3) is 0.529. The molecule has 0 radical (unpaired) electrons. The predicted octanol–water partition coefficient (Wildman–Crippen LogP) is 1.84. The van der Waals surface area contributed by atoms with Gasteiger partial charge in [-0.2, -0.15) is 0 Å². The summed E-state index contributed by atoms with van der Waals surface area (Å²) in [6.45, 7) is 1.70. The molecule has 1 fully saturated rings. The van der Waals surface area contributed by atoms with E-state index in [-0.39, 0.29) is 30.2 Å². The first kappa shape index (κ1) is 18.2. The summed E-state index contributed by atoms with van der Waals surface area (Å²) >= 11 is 0. The number of rotatable bonds is 4. The normalized spacial score (nSPS) is 15.8. The third-order valence-electron chi connectivity index (χ3n) is 4.30. The summed E-state index contributed by atoms with van der Waals surface area (Å²) in [5.74, 6) is -0.662. The molecule has 1 N–H and O–H groups in total. The van der Waals surface area contributed by atoms with Crippen molar-refractivity contribution in [1.82, 2.24) is 14.7 Å². The number of nitrogens with one attached hydrogen (secondary N) is 1. The van der Waals surface area contributed by atoms with Gasteiger partial charge < -0.3 is 15.1 Å². The van der Waals surface area contributed by atoms with Gasteiger partial charge in [0.1, 0.15) is 5.82 Å². The van der Waals surface area contributed by atoms with Crippen LogP contribution in [0.2, 0.25) is 0 Å². The number of urea groups is 1. The van der Waals surface area contributed by atoms with E-state index in [1.807, 2.05) is 11.9 Å². The number of benzene rings is 1. The van der Waals surface area contributed by atoms with E-state index >= 15 is 0 Å². The molecule has 1 aliphatic heterocycles. The quantitative estimate of drug-likeness (QED) is 0.913. The molecule has 1 aromatic rings. The highest BCUT2D eigenvalue weighted by Gasteiger charge is 2.26. The molecule has 132 valence electrons. The van der Waals surface area contributed by atoms with Crippen LogP contribution in [-0.2, 0) is 4.79 Å². The van der Waals surface area contributed by atoms with E-state index in [4.69, 9.17) is 0 Å². The number of hydrogen-bond acceptors (Lipinski definition) is 3. The van der Waals surface area contributed by atoms with Gasteiger partial charge in [-0.3, -0.25) is 9.69 Å². The van der Waals surface area contributed by atoms with Crippen LogP contribution in [0.1, 0.15) is 12.8 Å². The Kier molecular flexibility index (Phi) is 6.14. The molecule has 3 amide bonds. The number of likely N-dealkylation sites (tertiary alicyclic amines) is 1. The first-order valence-corrected chi connectivity index (χ1v) is 8.09. The lowest BCUT2D eigenvalue weighted by Gasteiger charge is -2.37. The molecule has 0 aliphatic carbocycles. The molecule has 6 nitrogen and oxygen atoms in total. The van der Waals surface area contributed by atoms with Gasteiger partial charge in [0.2, 0.25) is 5.91 Å². The second-order valence-corrected chi connectivity index (χ2v) is 6.32. The molecular weight excluding hydrogens is 311 g/mol. The Labute approximate surface area is 142 Å². The number of anilines is 1. The van der Waals surface area contributed by atoms with Crippen molar-refractivity contribution in [3.8, 4) is 0 Å². The zero-order chi connectivity index (χ0) is 17.7. The molecule has 1 heterocycles. The number of halogens is 1. The Morgan fingerprint density at radius 2 is 1.83 bits per heavy atom. The van der Waals surface area contributed by atoms with Crippen molar-refractivity contribution in [2.24, 2.45) is 0 Å². The maximum Gasteiger partial charge on any atom is 0.319 e. The Hall–Kier alpha value is -2.15. The summed E-state index contributed by atoms with van der Waals surface area (Å²) in [5, 5.41) is 2.60. The molecule has 0 unspecified atom stereocenters. The summed E-state index contributed by atoms with van der Waals surface area (Å²) in [4.78, 5) is 29.4. The van der Waals surface area contributed by atoms with E-state index in [0.717, 1.165) is 25.9 Å². The maximum absolute atomic E-state index is 13.5. The van der Waals surface area contributed by atoms with Gasteiger partial charge in [0.05, 0.1) is 12.2 Å². The fourth-order valence-electron chi connectivity index (χ4n) is 2.89. The second-order valence-electron chi connectivity index (χ2n) is 6.32. The van der Waals surface area contributed by atoms with Crippen LogP contribution in [0, 0.1) is 5.82 Å². The first-order chi connectivity index (χ1) is 11.4. The molecule has 7 heteroatoms. The van der Waals surface area contributed by atoms with E-state index < -0.39 is 5.82 Å². The third-order valence-corrected chi connectivity index (χ3v) is 4.30. The highest BCUT2D eigenvalue weighted by atomic mass is 19.1. The zero-order valence-corrected chi connectivity index (χ0v) is 14.5. The summed E-state index contributed by atoms with van der Waals surface area (Å²) in [5.41, 5.74) is 0.202. The number of piperidine rings is 1. The molecule has 1 aliphatic rings. The van der Waals surface area contributed by atoms with Crippen molar-refractivity contribution < 1.29 is 14.0 Å². The molecule has 0 saturated carbocycles. The molecule has 0 aromatic heterocycles. The lowest BCUT2D eigenvalue weighted by Crippen LogP contribution is -2.49. The lowest BCUT2D eigenvalue weighted by molar-refractivity contribution is -0.117. The van der Waals surface area contributed by atoms with Crippen molar-refractivity contribution >= 4 is 17.6 Å². The molecule has 24 heavy (non-hydrogen) atoms. The molecule has 0 atom stereocenters. The zero-order valence-electron chi connectivity index (χ0n) is 14.5. The highest BCUT2D eigenvalue weighted by Crippen LogP contribution is 2.17. The monoisotopic (exact) mass is 336 g/mol. The van der Waals surface area contributed by atoms with Crippen LogP contribution >= 0.6 is 0 Å². The molecular formula is C17H25FN4O2. The minimum Gasteiger partial charge on any atom is -0.331 e. The van der Waals surface area contributed by atoms with Gasteiger partial charge in [-0.05, 0) is 25.0 Å². The Morgan fingerprint density at radius 1 is 1.21 bits per heavy atom. The first-order valence-electron chi connectivity index (χ1n) is 8.09. The number of amides is 3. The largest absolute Gasteiger partial charge is 0.331 e. The number of para-hydroxylation sites is 1. The summed E-state index contributed by atoms with van der Waals surface area (Å²) in [6, 6.07) is 6.31. The van der Waals surface area contributed by atoms with E-state index in [1.165, 1.54) is 6.07 Å². The molecule has 1 saturated heterocycles. The topological polar surface area (TPSA) is 55.9 Å². The summed E-state index contributed by atoms with van der Waals surface area (Å²) < 4.78 is 13.5. The lowest BCUT2D eigenvalue weighted by atomic mass is 10.0.